The van der Waals surface area contributed by atoms with Crippen molar-refractivity contribution in [2.24, 2.45) is 5.92 Å². The molecule has 0 spiro atoms. The zero-order valence-corrected chi connectivity index (χ0v) is 15.7. The summed E-state index contributed by atoms with van der Waals surface area (Å²) in [6.45, 7) is 6.79. The molecule has 25 heavy (non-hydrogen) atoms. The van der Waals surface area contributed by atoms with Gasteiger partial charge in [-0.15, -0.1) is 0 Å². The summed E-state index contributed by atoms with van der Waals surface area (Å²) >= 11 is 5.40. The van der Waals surface area contributed by atoms with E-state index in [1.807, 2.05) is 12.1 Å². The number of benzene rings is 1. The van der Waals surface area contributed by atoms with E-state index >= 15 is 0 Å². The van der Waals surface area contributed by atoms with Gasteiger partial charge in [-0.25, -0.2) is 0 Å². The maximum atomic E-state index is 5.40. The maximum absolute atomic E-state index is 5.40. The average molecular weight is 355 g/mol. The van der Waals surface area contributed by atoms with Crippen molar-refractivity contribution in [3.05, 3.63) is 54.4 Å². The molecule has 2 heterocycles. The lowest BCUT2D eigenvalue weighted by Crippen LogP contribution is -2.33. The molecule has 1 aliphatic heterocycles. The summed E-state index contributed by atoms with van der Waals surface area (Å²) in [4.78, 5) is 6.49. The number of piperidine rings is 1. The number of nitrogens with one attached hydrogen (secondary N) is 2. The molecule has 3 rings (SSSR count). The first-order valence-corrected chi connectivity index (χ1v) is 9.35. The van der Waals surface area contributed by atoms with Gasteiger partial charge in [-0.05, 0) is 67.7 Å². The van der Waals surface area contributed by atoms with Gasteiger partial charge in [0.25, 0.3) is 0 Å². The van der Waals surface area contributed by atoms with Gasteiger partial charge in [0.2, 0.25) is 0 Å². The largest absolute Gasteiger partial charge is 0.372 e. The van der Waals surface area contributed by atoms with Crippen LogP contribution in [0.1, 0.15) is 38.3 Å². The molecule has 1 fully saturated rings. The van der Waals surface area contributed by atoms with Crippen LogP contribution in [-0.4, -0.2) is 23.2 Å². The van der Waals surface area contributed by atoms with Crippen molar-refractivity contribution in [1.29, 1.82) is 0 Å². The Kier molecular flexibility index (Phi) is 5.87. The highest BCUT2D eigenvalue weighted by Gasteiger charge is 2.16. The van der Waals surface area contributed by atoms with E-state index in [9.17, 15) is 0 Å². The first-order valence-electron chi connectivity index (χ1n) is 8.94. The van der Waals surface area contributed by atoms with Gasteiger partial charge in [0.1, 0.15) is 0 Å². The molecule has 2 aromatic rings. The Hall–Kier alpha value is -2.14. The molecule has 1 atom stereocenters. The molecule has 132 valence electrons. The SMILES string of the molecule is CC1CCN(c2ccc(C(C)NC(=S)Nc3ccncc3)cc2)CC1. The van der Waals surface area contributed by atoms with Gasteiger partial charge in [0.15, 0.2) is 5.11 Å². The summed E-state index contributed by atoms with van der Waals surface area (Å²) in [7, 11) is 0. The van der Waals surface area contributed by atoms with Gasteiger partial charge in [-0.2, -0.15) is 0 Å². The van der Waals surface area contributed by atoms with E-state index in [0.29, 0.717) is 5.11 Å². The smallest absolute Gasteiger partial charge is 0.171 e. The number of anilines is 2. The molecule has 5 heteroatoms. The Morgan fingerprint density at radius 2 is 1.76 bits per heavy atom. The quantitative estimate of drug-likeness (QED) is 0.798. The van der Waals surface area contributed by atoms with Crippen LogP contribution in [0, 0.1) is 5.92 Å². The molecule has 0 saturated carbocycles. The van der Waals surface area contributed by atoms with Gasteiger partial charge < -0.3 is 15.5 Å². The number of rotatable bonds is 4. The van der Waals surface area contributed by atoms with Crippen LogP contribution >= 0.6 is 12.2 Å². The van der Waals surface area contributed by atoms with Gasteiger partial charge in [0, 0.05) is 36.9 Å². The molecule has 2 N–H and O–H groups in total. The van der Waals surface area contributed by atoms with E-state index in [1.165, 1.54) is 24.1 Å². The zero-order chi connectivity index (χ0) is 17.6. The van der Waals surface area contributed by atoms with E-state index in [2.05, 4.69) is 58.6 Å². The fraction of sp³-hybridized carbons (Fsp3) is 0.400. The summed E-state index contributed by atoms with van der Waals surface area (Å²) in [6, 6.07) is 12.8. The highest BCUT2D eigenvalue weighted by Crippen LogP contribution is 2.24. The summed E-state index contributed by atoms with van der Waals surface area (Å²) < 4.78 is 0. The zero-order valence-electron chi connectivity index (χ0n) is 14.9. The van der Waals surface area contributed by atoms with Crippen LogP contribution in [0.25, 0.3) is 0 Å². The monoisotopic (exact) mass is 354 g/mol. The van der Waals surface area contributed by atoms with Crippen molar-refractivity contribution < 1.29 is 0 Å². The number of hydrogen-bond donors (Lipinski definition) is 2. The Balaban J connectivity index is 1.55. The van der Waals surface area contributed by atoms with Crippen LogP contribution in [0.3, 0.4) is 0 Å². The van der Waals surface area contributed by atoms with Crippen molar-refractivity contribution in [2.45, 2.75) is 32.7 Å². The molecule has 0 amide bonds. The fourth-order valence-electron chi connectivity index (χ4n) is 3.12. The predicted octanol–water partition coefficient (Wildman–Crippen LogP) is 4.37. The lowest BCUT2D eigenvalue weighted by molar-refractivity contribution is 0.438. The minimum absolute atomic E-state index is 0.150. The number of aromatic nitrogens is 1. The lowest BCUT2D eigenvalue weighted by Gasteiger charge is -2.32. The van der Waals surface area contributed by atoms with Gasteiger partial charge >= 0.3 is 0 Å². The predicted molar refractivity (Wildman–Crippen MR) is 109 cm³/mol. The Morgan fingerprint density at radius 1 is 1.12 bits per heavy atom. The number of hydrogen-bond acceptors (Lipinski definition) is 3. The Labute approximate surface area is 155 Å². The summed E-state index contributed by atoms with van der Waals surface area (Å²) in [5.74, 6) is 0.855. The van der Waals surface area contributed by atoms with E-state index in [4.69, 9.17) is 12.2 Å². The van der Waals surface area contributed by atoms with E-state index in [0.717, 1.165) is 24.7 Å². The second-order valence-corrected chi connectivity index (χ2v) is 7.23. The topological polar surface area (TPSA) is 40.2 Å². The second kappa shape index (κ2) is 8.30. The molecule has 4 nitrogen and oxygen atoms in total. The third-order valence-corrected chi connectivity index (χ3v) is 5.05. The van der Waals surface area contributed by atoms with Crippen molar-refractivity contribution in [3.8, 4) is 0 Å². The fourth-order valence-corrected chi connectivity index (χ4v) is 3.42. The van der Waals surface area contributed by atoms with Crippen LogP contribution < -0.4 is 15.5 Å². The van der Waals surface area contributed by atoms with E-state index in [-0.39, 0.29) is 6.04 Å². The van der Waals surface area contributed by atoms with Crippen molar-refractivity contribution in [3.63, 3.8) is 0 Å². The Morgan fingerprint density at radius 3 is 2.40 bits per heavy atom. The number of thiocarbonyl (C=S) groups is 1. The van der Waals surface area contributed by atoms with Gasteiger partial charge in [0.05, 0.1) is 6.04 Å². The molecule has 0 aliphatic carbocycles. The maximum Gasteiger partial charge on any atom is 0.171 e. The second-order valence-electron chi connectivity index (χ2n) is 6.82. The minimum Gasteiger partial charge on any atom is -0.372 e. The van der Waals surface area contributed by atoms with E-state index < -0.39 is 0 Å². The average Bonchev–Trinajstić information content (AvgIpc) is 2.63. The third-order valence-electron chi connectivity index (χ3n) is 4.83. The summed E-state index contributed by atoms with van der Waals surface area (Å²) in [5, 5.41) is 7.14. The molecule has 1 aromatic carbocycles. The number of pyridine rings is 1. The molecule has 1 aromatic heterocycles. The van der Waals surface area contributed by atoms with Crippen LogP contribution in [-0.2, 0) is 0 Å². The highest BCUT2D eigenvalue weighted by atomic mass is 32.1. The van der Waals surface area contributed by atoms with Crippen LogP contribution in [0.2, 0.25) is 0 Å². The van der Waals surface area contributed by atoms with Crippen LogP contribution in [0.15, 0.2) is 48.8 Å². The van der Waals surface area contributed by atoms with Crippen molar-refractivity contribution in [2.75, 3.05) is 23.3 Å². The van der Waals surface area contributed by atoms with E-state index in [1.54, 1.807) is 12.4 Å². The highest BCUT2D eigenvalue weighted by molar-refractivity contribution is 7.80. The summed E-state index contributed by atoms with van der Waals surface area (Å²) in [5.41, 5.74) is 3.49. The first kappa shape index (κ1) is 17.7. The standard InChI is InChI=1S/C20H26N4S/c1-15-9-13-24(14-10-15)19-5-3-17(4-6-19)16(2)22-20(25)23-18-7-11-21-12-8-18/h3-8,11-12,15-16H,9-10,13-14H2,1-2H3,(H2,21,22,23,25). The summed E-state index contributed by atoms with van der Waals surface area (Å²) in [6.07, 6.45) is 6.06. The minimum atomic E-state index is 0.150. The third kappa shape index (κ3) is 4.92. The lowest BCUT2D eigenvalue weighted by atomic mass is 9.98. The van der Waals surface area contributed by atoms with Crippen LogP contribution in [0.4, 0.5) is 11.4 Å². The van der Waals surface area contributed by atoms with Gasteiger partial charge in [-0.1, -0.05) is 19.1 Å². The van der Waals surface area contributed by atoms with Crippen molar-refractivity contribution >= 4 is 28.7 Å². The van der Waals surface area contributed by atoms with Crippen molar-refractivity contribution in [1.82, 2.24) is 10.3 Å². The van der Waals surface area contributed by atoms with Gasteiger partial charge in [-0.3, -0.25) is 4.98 Å². The number of nitrogens with zero attached hydrogens (tertiary/aromatic N) is 2. The molecular formula is C20H26N4S. The molecular weight excluding hydrogens is 328 g/mol. The first-order chi connectivity index (χ1) is 12.1. The molecule has 0 radical (unpaired) electrons. The Bertz CT molecular complexity index is 679. The molecule has 1 saturated heterocycles. The molecule has 1 aliphatic rings. The normalized spacial score (nSPS) is 16.3. The molecule has 1 unspecified atom stereocenters. The van der Waals surface area contributed by atoms with Crippen LogP contribution in [0.5, 0.6) is 0 Å². The molecule has 0 bridgehead atoms.